The molecule has 0 aromatic heterocycles. The highest BCUT2D eigenvalue weighted by atomic mass is 16.7. The fraction of sp³-hybridized carbons (Fsp3) is 0.483. The number of amides is 1. The van der Waals surface area contributed by atoms with E-state index in [0.29, 0.717) is 6.04 Å². The van der Waals surface area contributed by atoms with Gasteiger partial charge in [-0.05, 0) is 36.1 Å². The van der Waals surface area contributed by atoms with E-state index in [1.807, 2.05) is 54.6 Å². The summed E-state index contributed by atoms with van der Waals surface area (Å²) in [7, 11) is 0. The maximum Gasteiger partial charge on any atom is 0.221 e. The predicted octanol–water partition coefficient (Wildman–Crippen LogP) is 5.36. The van der Waals surface area contributed by atoms with Crippen LogP contribution in [0.2, 0.25) is 0 Å². The zero-order chi connectivity index (χ0) is 24.8. The van der Waals surface area contributed by atoms with Gasteiger partial charge in [0, 0.05) is 43.2 Å². The molecule has 0 bridgehead atoms. The van der Waals surface area contributed by atoms with Crippen LogP contribution in [0.3, 0.4) is 0 Å². The van der Waals surface area contributed by atoms with Gasteiger partial charge in [-0.1, -0.05) is 62.2 Å². The monoisotopic (exact) mass is 478 g/mol. The molecule has 1 saturated carbocycles. The third-order valence-corrected chi connectivity index (χ3v) is 7.25. The summed E-state index contributed by atoms with van der Waals surface area (Å²) in [5.41, 5.74) is 3.63. The second-order valence-corrected chi connectivity index (χ2v) is 9.81. The van der Waals surface area contributed by atoms with Crippen molar-refractivity contribution in [2.24, 2.45) is 5.92 Å². The first kappa shape index (κ1) is 25.6. The lowest BCUT2D eigenvalue weighted by Gasteiger charge is -2.43. The first-order valence-corrected chi connectivity index (χ1v) is 12.7. The molecule has 0 spiro atoms. The summed E-state index contributed by atoms with van der Waals surface area (Å²) in [6.45, 7) is 9.40. The van der Waals surface area contributed by atoms with Gasteiger partial charge >= 0.3 is 0 Å². The quantitative estimate of drug-likeness (QED) is 0.475. The maximum absolute atomic E-state index is 11.4. The van der Waals surface area contributed by atoms with Gasteiger partial charge in [0.1, 0.15) is 0 Å². The molecule has 2 aromatic rings. The number of aliphatic hydroxyl groups is 1. The lowest BCUT2D eigenvalue weighted by atomic mass is 9.89. The Morgan fingerprint density at radius 1 is 1.09 bits per heavy atom. The molecule has 4 rings (SSSR count). The number of aliphatic hydroxyl groups excluding tert-OH is 1. The highest BCUT2D eigenvalue weighted by Crippen LogP contribution is 2.42. The number of carbonyl (C=O) groups is 1. The Bertz CT molecular complexity index is 969. The molecule has 4 atom stereocenters. The number of benzene rings is 2. The third kappa shape index (κ3) is 6.39. The van der Waals surface area contributed by atoms with Crippen molar-refractivity contribution in [3.63, 3.8) is 0 Å². The average Bonchev–Trinajstić information content (AvgIpc) is 3.40. The SMILES string of the molecule is C=CCN(C[C@@H]1O[C@H](c2ccc(NC(C)=O)cc2)O[C@H](c2ccc(CO)cc2)[C@@H]1C)C1CCCC1. The highest BCUT2D eigenvalue weighted by molar-refractivity contribution is 5.88. The summed E-state index contributed by atoms with van der Waals surface area (Å²) in [5, 5.41) is 12.3. The van der Waals surface area contributed by atoms with Crippen LogP contribution in [0.15, 0.2) is 61.2 Å². The van der Waals surface area contributed by atoms with Gasteiger partial charge in [0.25, 0.3) is 0 Å². The smallest absolute Gasteiger partial charge is 0.221 e. The van der Waals surface area contributed by atoms with E-state index in [1.54, 1.807) is 0 Å². The molecule has 35 heavy (non-hydrogen) atoms. The Hall–Kier alpha value is -2.51. The number of hydrogen-bond donors (Lipinski definition) is 2. The van der Waals surface area contributed by atoms with Gasteiger partial charge in [0.15, 0.2) is 6.29 Å². The van der Waals surface area contributed by atoms with Crippen LogP contribution in [0.25, 0.3) is 0 Å². The van der Waals surface area contributed by atoms with E-state index in [2.05, 4.69) is 23.7 Å². The van der Waals surface area contributed by atoms with Gasteiger partial charge in [-0.15, -0.1) is 6.58 Å². The topological polar surface area (TPSA) is 71.0 Å². The van der Waals surface area contributed by atoms with E-state index in [4.69, 9.17) is 9.47 Å². The van der Waals surface area contributed by atoms with Crippen LogP contribution in [0, 0.1) is 5.92 Å². The zero-order valence-corrected chi connectivity index (χ0v) is 20.9. The lowest BCUT2D eigenvalue weighted by molar-refractivity contribution is -0.276. The molecule has 2 N–H and O–H groups in total. The van der Waals surface area contributed by atoms with E-state index in [0.717, 1.165) is 35.5 Å². The van der Waals surface area contributed by atoms with Crippen LogP contribution in [-0.4, -0.2) is 41.1 Å². The summed E-state index contributed by atoms with van der Waals surface area (Å²) in [6.07, 6.45) is 6.33. The summed E-state index contributed by atoms with van der Waals surface area (Å²) in [5.74, 6) is 0.0380. The molecule has 1 aliphatic heterocycles. The van der Waals surface area contributed by atoms with E-state index >= 15 is 0 Å². The van der Waals surface area contributed by atoms with Gasteiger partial charge in [0.05, 0.1) is 18.8 Å². The average molecular weight is 479 g/mol. The highest BCUT2D eigenvalue weighted by Gasteiger charge is 2.40. The molecule has 1 amide bonds. The Labute approximate surface area is 208 Å². The molecular formula is C29H38N2O4. The largest absolute Gasteiger partial charge is 0.392 e. The zero-order valence-electron chi connectivity index (χ0n) is 20.9. The molecule has 1 saturated heterocycles. The molecular weight excluding hydrogens is 440 g/mol. The number of anilines is 1. The molecule has 0 unspecified atom stereocenters. The number of nitrogens with one attached hydrogen (secondary N) is 1. The minimum absolute atomic E-state index is 0.0214. The van der Waals surface area contributed by atoms with E-state index in [-0.39, 0.29) is 30.6 Å². The van der Waals surface area contributed by atoms with Crippen LogP contribution >= 0.6 is 0 Å². The van der Waals surface area contributed by atoms with Gasteiger partial charge < -0.3 is 19.9 Å². The molecule has 2 fully saturated rings. The van der Waals surface area contributed by atoms with Crippen LogP contribution in [0.4, 0.5) is 5.69 Å². The van der Waals surface area contributed by atoms with Crippen LogP contribution in [0.1, 0.15) is 68.6 Å². The Balaban J connectivity index is 1.59. The molecule has 6 nitrogen and oxygen atoms in total. The summed E-state index contributed by atoms with van der Waals surface area (Å²) in [6, 6.07) is 16.2. The Kier molecular flexibility index (Phi) is 8.74. The van der Waals surface area contributed by atoms with Gasteiger partial charge in [-0.2, -0.15) is 0 Å². The van der Waals surface area contributed by atoms with Crippen LogP contribution in [-0.2, 0) is 20.9 Å². The summed E-state index contributed by atoms with van der Waals surface area (Å²) < 4.78 is 13.2. The molecule has 1 heterocycles. The third-order valence-electron chi connectivity index (χ3n) is 7.25. The van der Waals surface area contributed by atoms with E-state index in [9.17, 15) is 9.90 Å². The summed E-state index contributed by atoms with van der Waals surface area (Å²) >= 11 is 0. The predicted molar refractivity (Wildman–Crippen MR) is 138 cm³/mol. The molecule has 1 aliphatic carbocycles. The van der Waals surface area contributed by atoms with Crippen LogP contribution < -0.4 is 5.32 Å². The van der Waals surface area contributed by atoms with Gasteiger partial charge in [0.2, 0.25) is 5.91 Å². The van der Waals surface area contributed by atoms with Gasteiger partial charge in [-0.3, -0.25) is 9.69 Å². The van der Waals surface area contributed by atoms with Crippen molar-refractivity contribution >= 4 is 11.6 Å². The minimum Gasteiger partial charge on any atom is -0.392 e. The minimum atomic E-state index is -0.515. The maximum atomic E-state index is 11.4. The first-order valence-electron chi connectivity index (χ1n) is 12.7. The Morgan fingerprint density at radius 2 is 1.74 bits per heavy atom. The fourth-order valence-electron chi connectivity index (χ4n) is 5.29. The number of nitrogens with zero attached hydrogens (tertiary/aromatic N) is 1. The molecule has 0 radical (unpaired) electrons. The molecule has 188 valence electrons. The standard InChI is InChI=1S/C29H38N2O4/c1-4-17-31(26-7-5-6-8-26)18-27-20(2)28(23-11-9-22(19-32)10-12-23)35-29(34-27)24-13-15-25(16-14-24)30-21(3)33/h4,9-16,20,26-29,32H,1,5-8,17-19H2,2-3H3,(H,30,33)/t20-,27+,28+,29+/m1/s1. The van der Waals surface area contributed by atoms with Crippen molar-refractivity contribution in [3.8, 4) is 0 Å². The Morgan fingerprint density at radius 3 is 2.34 bits per heavy atom. The molecule has 2 aliphatic rings. The van der Waals surface area contributed by atoms with E-state index in [1.165, 1.54) is 32.6 Å². The number of rotatable bonds is 9. The second kappa shape index (κ2) is 12.0. The van der Waals surface area contributed by atoms with Crippen LogP contribution in [0.5, 0.6) is 0 Å². The normalized spacial score (nSPS) is 25.0. The van der Waals surface area contributed by atoms with Crippen molar-refractivity contribution in [1.29, 1.82) is 0 Å². The second-order valence-electron chi connectivity index (χ2n) is 9.81. The molecule has 6 heteroatoms. The number of hydrogen-bond acceptors (Lipinski definition) is 5. The molecule has 2 aromatic carbocycles. The van der Waals surface area contributed by atoms with Crippen molar-refractivity contribution in [3.05, 3.63) is 77.9 Å². The van der Waals surface area contributed by atoms with Crippen molar-refractivity contribution < 1.29 is 19.4 Å². The first-order chi connectivity index (χ1) is 17.0. The van der Waals surface area contributed by atoms with E-state index < -0.39 is 6.29 Å². The number of carbonyl (C=O) groups excluding carboxylic acids is 1. The number of ether oxygens (including phenoxy) is 2. The van der Waals surface area contributed by atoms with Gasteiger partial charge in [-0.25, -0.2) is 0 Å². The van der Waals surface area contributed by atoms with Crippen molar-refractivity contribution in [1.82, 2.24) is 4.90 Å². The lowest BCUT2D eigenvalue weighted by Crippen LogP contribution is -2.47. The van der Waals surface area contributed by atoms with Crippen molar-refractivity contribution in [2.75, 3.05) is 18.4 Å². The summed E-state index contributed by atoms with van der Waals surface area (Å²) in [4.78, 5) is 13.9. The fourth-order valence-corrected chi connectivity index (χ4v) is 5.29. The van der Waals surface area contributed by atoms with Crippen molar-refractivity contribution in [2.45, 2.75) is 70.7 Å².